The molecule has 31 heavy (non-hydrogen) atoms. The van der Waals surface area contributed by atoms with E-state index in [1.807, 2.05) is 6.20 Å². The molecule has 0 aliphatic rings. The summed E-state index contributed by atoms with van der Waals surface area (Å²) in [6, 6.07) is 23.7. The average Bonchev–Trinajstić information content (AvgIpc) is 2.75. The number of hydrogen-bond donors (Lipinski definition) is 0. The molecule has 0 saturated carbocycles. The van der Waals surface area contributed by atoms with Crippen LogP contribution in [0.15, 0.2) is 59.6 Å². The first-order valence-electron chi connectivity index (χ1n) is 10.6. The first kappa shape index (κ1) is 21.3. The topological polar surface area (TPSA) is 22.1 Å². The van der Waals surface area contributed by atoms with Crippen molar-refractivity contribution < 1.29 is 4.74 Å². The summed E-state index contributed by atoms with van der Waals surface area (Å²) in [5.74, 6) is 1.88. The molecule has 0 spiro atoms. The third-order valence-corrected chi connectivity index (χ3v) is 6.53. The minimum Gasteiger partial charge on any atom is -0.492 e. The van der Waals surface area contributed by atoms with Crippen LogP contribution in [0.2, 0.25) is 0 Å². The summed E-state index contributed by atoms with van der Waals surface area (Å²) in [6.07, 6.45) is 2.73. The van der Waals surface area contributed by atoms with Crippen molar-refractivity contribution >= 4 is 22.7 Å². The molecule has 0 aliphatic heterocycles. The third-order valence-electron chi connectivity index (χ3n) is 5.61. The molecule has 1 heterocycles. The normalized spacial score (nSPS) is 10.8. The van der Waals surface area contributed by atoms with Gasteiger partial charge in [-0.1, -0.05) is 30.3 Å². The molecule has 0 fully saturated rings. The fraction of sp³-hybridized carbons (Fsp3) is 0.250. The lowest BCUT2D eigenvalue weighted by molar-refractivity contribution is 0.339. The van der Waals surface area contributed by atoms with E-state index in [1.165, 1.54) is 33.2 Å². The quantitative estimate of drug-likeness (QED) is 0.239. The Kier molecular flexibility index (Phi) is 6.49. The Bertz CT molecular complexity index is 1180. The minimum atomic E-state index is 0.674. The summed E-state index contributed by atoms with van der Waals surface area (Å²) in [5.41, 5.74) is 8.42. The monoisotopic (exact) mass is 425 g/mol. The van der Waals surface area contributed by atoms with Crippen LogP contribution in [-0.2, 0) is 6.42 Å². The number of nitrogens with zero attached hydrogens (tertiary/aromatic N) is 1. The van der Waals surface area contributed by atoms with Gasteiger partial charge in [-0.25, -0.2) is 0 Å². The van der Waals surface area contributed by atoms with E-state index in [0.29, 0.717) is 6.61 Å². The molecule has 0 bridgehead atoms. The molecular formula is C28H27NOS. The number of hydrogen-bond acceptors (Lipinski definition) is 3. The van der Waals surface area contributed by atoms with Gasteiger partial charge in [0.15, 0.2) is 0 Å². The van der Waals surface area contributed by atoms with Crippen LogP contribution >= 0.6 is 11.8 Å². The Labute approximate surface area is 189 Å². The van der Waals surface area contributed by atoms with Crippen molar-refractivity contribution in [1.29, 1.82) is 0 Å². The smallest absolute Gasteiger partial charge is 0.125 e. The van der Waals surface area contributed by atoms with Crippen molar-refractivity contribution in [1.82, 2.24) is 4.98 Å². The van der Waals surface area contributed by atoms with Gasteiger partial charge in [-0.3, -0.25) is 4.98 Å². The summed E-state index contributed by atoms with van der Waals surface area (Å²) in [5, 5.41) is 1.22. The van der Waals surface area contributed by atoms with Crippen molar-refractivity contribution in [2.75, 3.05) is 12.4 Å². The maximum absolute atomic E-state index is 6.00. The molecule has 0 N–H and O–H groups in total. The molecule has 0 atom stereocenters. The fourth-order valence-electron chi connectivity index (χ4n) is 3.73. The van der Waals surface area contributed by atoms with Crippen LogP contribution in [0.1, 0.15) is 33.4 Å². The lowest BCUT2D eigenvalue weighted by Gasteiger charge is -2.11. The Hall–Kier alpha value is -2.96. The summed E-state index contributed by atoms with van der Waals surface area (Å²) in [7, 11) is 0. The molecule has 156 valence electrons. The molecule has 3 heteroatoms. The van der Waals surface area contributed by atoms with E-state index in [9.17, 15) is 0 Å². The Balaban J connectivity index is 1.37. The summed E-state index contributed by atoms with van der Waals surface area (Å²) in [4.78, 5) is 5.64. The number of para-hydroxylation sites is 1. The predicted molar refractivity (Wildman–Crippen MR) is 130 cm³/mol. The number of aryl methyl sites for hydroxylation is 4. The van der Waals surface area contributed by atoms with Crippen LogP contribution in [0, 0.1) is 39.8 Å². The Morgan fingerprint density at radius 2 is 1.65 bits per heavy atom. The van der Waals surface area contributed by atoms with Crippen molar-refractivity contribution in [3.8, 4) is 5.75 Å². The summed E-state index contributed by atoms with van der Waals surface area (Å²) < 4.78 is 6.00. The van der Waals surface area contributed by atoms with Crippen molar-refractivity contribution in [3.63, 3.8) is 0 Å². The lowest BCUT2D eigenvalue weighted by atomic mass is 9.99. The average molecular weight is 426 g/mol. The number of benzene rings is 2. The highest BCUT2D eigenvalue weighted by atomic mass is 32.2. The van der Waals surface area contributed by atoms with Gasteiger partial charge in [0.25, 0.3) is 0 Å². The number of fused-ring (bicyclic) bond motifs is 1. The van der Waals surface area contributed by atoms with E-state index < -0.39 is 0 Å². The standard InChI is InChI=1S/C28H27NOS/c1-19-6-5-7-20(2)28(19)30-14-15-31-25-10-8-23(9-11-25)18-24-12-13-29-27-17-22(4)21(3)16-26(24)27/h5-8,10,12-13,16-17H,14-15,18H2,1-4H3. The second-order valence-corrected chi connectivity index (χ2v) is 9.13. The molecule has 0 saturated heterocycles. The van der Waals surface area contributed by atoms with Gasteiger partial charge in [0.2, 0.25) is 0 Å². The predicted octanol–water partition coefficient (Wildman–Crippen LogP) is 6.83. The minimum absolute atomic E-state index is 0.674. The first-order chi connectivity index (χ1) is 15.0. The van der Waals surface area contributed by atoms with E-state index >= 15 is 0 Å². The van der Waals surface area contributed by atoms with Gasteiger partial charge in [0.05, 0.1) is 17.0 Å². The maximum Gasteiger partial charge on any atom is 0.125 e. The number of thioether (sulfide) groups is 1. The third kappa shape index (κ3) is 5.03. The van der Waals surface area contributed by atoms with E-state index in [1.54, 1.807) is 11.8 Å². The second-order valence-electron chi connectivity index (χ2n) is 7.99. The molecule has 4 rings (SSSR count). The van der Waals surface area contributed by atoms with Crippen molar-refractivity contribution in [2.24, 2.45) is 0 Å². The molecule has 1 aromatic heterocycles. The van der Waals surface area contributed by atoms with Gasteiger partial charge in [-0.05, 0) is 85.8 Å². The van der Waals surface area contributed by atoms with Gasteiger partial charge in [0.1, 0.15) is 5.75 Å². The molecule has 0 aliphatic carbocycles. The first-order valence-corrected chi connectivity index (χ1v) is 11.6. The highest BCUT2D eigenvalue weighted by Crippen LogP contribution is 2.25. The van der Waals surface area contributed by atoms with Crippen molar-refractivity contribution in [2.45, 2.75) is 39.0 Å². The van der Waals surface area contributed by atoms with Gasteiger partial charge < -0.3 is 4.74 Å². The van der Waals surface area contributed by atoms with Crippen LogP contribution < -0.4 is 4.74 Å². The highest BCUT2D eigenvalue weighted by molar-refractivity contribution is 7.99. The molecule has 0 unspecified atom stereocenters. The molecular weight excluding hydrogens is 398 g/mol. The Morgan fingerprint density at radius 3 is 2.39 bits per heavy atom. The van der Waals surface area contributed by atoms with Crippen LogP contribution in [0.3, 0.4) is 0 Å². The van der Waals surface area contributed by atoms with Crippen LogP contribution in [0.5, 0.6) is 5.75 Å². The highest BCUT2D eigenvalue weighted by Gasteiger charge is 2.06. The van der Waals surface area contributed by atoms with Gasteiger partial charge >= 0.3 is 0 Å². The number of pyridine rings is 1. The van der Waals surface area contributed by atoms with Crippen LogP contribution in [0.4, 0.5) is 0 Å². The molecule has 0 radical (unpaired) electrons. The zero-order valence-corrected chi connectivity index (χ0v) is 19.4. The van der Waals surface area contributed by atoms with E-state index in [4.69, 9.17) is 4.74 Å². The van der Waals surface area contributed by atoms with E-state index in [0.717, 1.165) is 33.9 Å². The van der Waals surface area contributed by atoms with E-state index in [-0.39, 0.29) is 0 Å². The number of rotatable bonds is 7. The summed E-state index contributed by atoms with van der Waals surface area (Å²) >= 11 is 1.75. The Morgan fingerprint density at radius 1 is 0.871 bits per heavy atom. The maximum atomic E-state index is 6.00. The lowest BCUT2D eigenvalue weighted by Crippen LogP contribution is -2.02. The van der Waals surface area contributed by atoms with Gasteiger partial charge in [-0.15, -0.1) is 11.8 Å². The number of aromatic nitrogens is 1. The van der Waals surface area contributed by atoms with E-state index in [2.05, 4.69) is 93.3 Å². The molecule has 4 aromatic rings. The van der Waals surface area contributed by atoms with Crippen LogP contribution in [0.25, 0.3) is 10.9 Å². The zero-order valence-electron chi connectivity index (χ0n) is 18.6. The SMILES string of the molecule is Cc1cc2nccc(Cc3c#cc(SCCOc4c(C)cccc4C)cc3)c2cc1C. The fourth-order valence-corrected chi connectivity index (χ4v) is 4.41. The van der Waals surface area contributed by atoms with Gasteiger partial charge in [0, 0.05) is 29.3 Å². The van der Waals surface area contributed by atoms with Crippen LogP contribution in [-0.4, -0.2) is 17.3 Å². The molecule has 2 nitrogen and oxygen atoms in total. The van der Waals surface area contributed by atoms with Gasteiger partial charge in [-0.2, -0.15) is 0 Å². The molecule has 0 amide bonds. The molecule has 3 aromatic carbocycles. The number of ether oxygens (including phenoxy) is 1. The largest absolute Gasteiger partial charge is 0.492 e. The van der Waals surface area contributed by atoms with Crippen molar-refractivity contribution in [3.05, 3.63) is 100 Å². The second kappa shape index (κ2) is 9.45. The summed E-state index contributed by atoms with van der Waals surface area (Å²) in [6.45, 7) is 9.14. The zero-order chi connectivity index (χ0) is 21.8.